The lowest BCUT2D eigenvalue weighted by molar-refractivity contribution is 0.0108. The Balaban J connectivity index is 1.87. The smallest absolute Gasteiger partial charge is 0.323 e. The van der Waals surface area contributed by atoms with E-state index in [4.69, 9.17) is 14.0 Å². The second-order valence-corrected chi connectivity index (χ2v) is 9.58. The number of likely N-dealkylation sites (N-methyl/N-ethyl adjacent to an activating group) is 1. The highest BCUT2D eigenvalue weighted by Crippen LogP contribution is 2.27. The van der Waals surface area contributed by atoms with Gasteiger partial charge in [0, 0.05) is 39.0 Å². The van der Waals surface area contributed by atoms with Crippen molar-refractivity contribution in [1.29, 1.82) is 0 Å². The van der Waals surface area contributed by atoms with Crippen molar-refractivity contribution in [3.63, 3.8) is 0 Å². The summed E-state index contributed by atoms with van der Waals surface area (Å²) in [4.78, 5) is 30.2. The standard InChI is InChI=1S/C26H39N5O5/c1-8-11-31-13-16(2)23(34-7)14-30(6)25(32)21-12-20(9-10-22(21)35-15-17(31)3)27-26(33)28-24-18(4)29-36-19(24)5/h9-10,12,16-17,23H,8,11,13-15H2,1-7H3,(H2,27,28,33)/t16-,17+,23-/m0/s1. The van der Waals surface area contributed by atoms with Crippen LogP contribution in [0.3, 0.4) is 0 Å². The van der Waals surface area contributed by atoms with Gasteiger partial charge in [-0.05, 0) is 57.9 Å². The molecule has 1 aromatic heterocycles. The Bertz CT molecular complexity index is 1040. The molecule has 1 aliphatic heterocycles. The lowest BCUT2D eigenvalue weighted by Gasteiger charge is -2.35. The highest BCUT2D eigenvalue weighted by Gasteiger charge is 2.28. The van der Waals surface area contributed by atoms with Crippen molar-refractivity contribution in [3.8, 4) is 5.75 Å². The first-order valence-electron chi connectivity index (χ1n) is 12.4. The number of methoxy groups -OCH3 is 1. The minimum absolute atomic E-state index is 0.114. The minimum Gasteiger partial charge on any atom is -0.491 e. The molecule has 3 rings (SSSR count). The van der Waals surface area contributed by atoms with E-state index in [-0.39, 0.29) is 24.0 Å². The largest absolute Gasteiger partial charge is 0.491 e. The Hall–Kier alpha value is -3.11. The Morgan fingerprint density at radius 1 is 1.22 bits per heavy atom. The van der Waals surface area contributed by atoms with Crippen molar-refractivity contribution >= 4 is 23.3 Å². The third-order valence-electron chi connectivity index (χ3n) is 6.61. The molecule has 2 heterocycles. The van der Waals surface area contributed by atoms with E-state index in [0.717, 1.165) is 19.5 Å². The molecule has 0 aliphatic carbocycles. The molecule has 0 saturated heterocycles. The Morgan fingerprint density at radius 2 is 1.97 bits per heavy atom. The van der Waals surface area contributed by atoms with E-state index in [9.17, 15) is 9.59 Å². The number of nitrogens with one attached hydrogen (secondary N) is 2. The highest BCUT2D eigenvalue weighted by atomic mass is 16.5. The first kappa shape index (κ1) is 27.5. The molecule has 0 unspecified atom stereocenters. The maximum absolute atomic E-state index is 13.5. The summed E-state index contributed by atoms with van der Waals surface area (Å²) < 4.78 is 17.1. The topological polar surface area (TPSA) is 109 Å². The van der Waals surface area contributed by atoms with Crippen molar-refractivity contribution in [2.75, 3.05) is 51.0 Å². The normalized spacial score (nSPS) is 21.7. The molecule has 3 amide bonds. The van der Waals surface area contributed by atoms with Crippen LogP contribution in [-0.4, -0.2) is 79.4 Å². The molecular formula is C26H39N5O5. The first-order chi connectivity index (χ1) is 17.1. The van der Waals surface area contributed by atoms with Crippen LogP contribution < -0.4 is 15.4 Å². The number of amides is 3. The number of carbonyl (C=O) groups is 2. The Labute approximate surface area is 213 Å². The van der Waals surface area contributed by atoms with Crippen molar-refractivity contribution in [3.05, 3.63) is 35.2 Å². The molecule has 0 saturated carbocycles. The van der Waals surface area contributed by atoms with Crippen LogP contribution in [0.25, 0.3) is 0 Å². The number of aryl methyl sites for hydroxylation is 2. The molecular weight excluding hydrogens is 462 g/mol. The minimum atomic E-state index is -0.462. The number of aromatic nitrogens is 1. The van der Waals surface area contributed by atoms with E-state index < -0.39 is 6.03 Å². The molecule has 2 N–H and O–H groups in total. The fourth-order valence-electron chi connectivity index (χ4n) is 4.47. The van der Waals surface area contributed by atoms with Gasteiger partial charge in [0.05, 0.1) is 11.7 Å². The molecule has 0 radical (unpaired) electrons. The zero-order chi connectivity index (χ0) is 26.4. The van der Waals surface area contributed by atoms with Gasteiger partial charge in [0.15, 0.2) is 5.76 Å². The second-order valence-electron chi connectivity index (χ2n) is 9.58. The fraction of sp³-hybridized carbons (Fsp3) is 0.577. The number of hydrogen-bond acceptors (Lipinski definition) is 7. The number of rotatable bonds is 5. The molecule has 1 aromatic carbocycles. The lowest BCUT2D eigenvalue weighted by Crippen LogP contribution is -2.46. The molecule has 10 heteroatoms. The SMILES string of the molecule is CCCN1C[C@H](C)[C@@H](OC)CN(C)C(=O)c2cc(NC(=O)Nc3c(C)noc3C)ccc2OC[C@H]1C. The summed E-state index contributed by atoms with van der Waals surface area (Å²) in [6, 6.07) is 4.79. The Morgan fingerprint density at radius 3 is 2.61 bits per heavy atom. The van der Waals surface area contributed by atoms with Gasteiger partial charge in [-0.25, -0.2) is 4.79 Å². The summed E-state index contributed by atoms with van der Waals surface area (Å²) in [5.41, 5.74) is 1.94. The number of nitrogens with zero attached hydrogens (tertiary/aromatic N) is 3. The predicted octanol–water partition coefficient (Wildman–Crippen LogP) is 4.15. The van der Waals surface area contributed by atoms with Crippen molar-refractivity contribution in [2.45, 2.75) is 53.2 Å². The van der Waals surface area contributed by atoms with E-state index in [0.29, 0.717) is 47.3 Å². The fourth-order valence-corrected chi connectivity index (χ4v) is 4.47. The molecule has 0 bridgehead atoms. The number of urea groups is 1. The number of hydrogen-bond donors (Lipinski definition) is 2. The predicted molar refractivity (Wildman–Crippen MR) is 139 cm³/mol. The van der Waals surface area contributed by atoms with Crippen LogP contribution in [0.5, 0.6) is 5.75 Å². The van der Waals surface area contributed by atoms with Gasteiger partial charge in [-0.1, -0.05) is 19.0 Å². The van der Waals surface area contributed by atoms with Gasteiger partial charge >= 0.3 is 6.03 Å². The molecule has 10 nitrogen and oxygen atoms in total. The maximum atomic E-state index is 13.5. The highest BCUT2D eigenvalue weighted by molar-refractivity contribution is 6.02. The van der Waals surface area contributed by atoms with Crippen LogP contribution in [0, 0.1) is 19.8 Å². The van der Waals surface area contributed by atoms with Crippen LogP contribution in [0.2, 0.25) is 0 Å². The maximum Gasteiger partial charge on any atom is 0.323 e. The molecule has 198 valence electrons. The summed E-state index contributed by atoms with van der Waals surface area (Å²) >= 11 is 0. The molecule has 3 atom stereocenters. The summed E-state index contributed by atoms with van der Waals surface area (Å²) in [6.07, 6.45) is 0.922. The zero-order valence-corrected chi connectivity index (χ0v) is 22.4. The lowest BCUT2D eigenvalue weighted by atomic mass is 10.0. The van der Waals surface area contributed by atoms with Gasteiger partial charge in [-0.3, -0.25) is 9.69 Å². The van der Waals surface area contributed by atoms with E-state index in [1.807, 2.05) is 0 Å². The van der Waals surface area contributed by atoms with Crippen molar-refractivity contribution in [2.24, 2.45) is 5.92 Å². The molecule has 0 fully saturated rings. The quantitative estimate of drug-likeness (QED) is 0.633. The van der Waals surface area contributed by atoms with E-state index >= 15 is 0 Å². The van der Waals surface area contributed by atoms with Crippen LogP contribution in [0.4, 0.5) is 16.2 Å². The second kappa shape index (κ2) is 12.2. The Kier molecular flexibility index (Phi) is 9.33. The van der Waals surface area contributed by atoms with Gasteiger partial charge in [-0.15, -0.1) is 0 Å². The summed E-state index contributed by atoms with van der Waals surface area (Å²) in [5.74, 6) is 1.01. The van der Waals surface area contributed by atoms with E-state index in [1.54, 1.807) is 51.1 Å². The zero-order valence-electron chi connectivity index (χ0n) is 22.4. The van der Waals surface area contributed by atoms with Crippen LogP contribution in [0.1, 0.15) is 49.0 Å². The number of ether oxygens (including phenoxy) is 2. The number of fused-ring (bicyclic) bond motifs is 1. The monoisotopic (exact) mass is 501 g/mol. The average molecular weight is 502 g/mol. The van der Waals surface area contributed by atoms with Gasteiger partial charge in [0.25, 0.3) is 5.91 Å². The van der Waals surface area contributed by atoms with E-state index in [1.165, 1.54) is 0 Å². The molecule has 36 heavy (non-hydrogen) atoms. The molecule has 2 aromatic rings. The van der Waals surface area contributed by atoms with Crippen LogP contribution >= 0.6 is 0 Å². The van der Waals surface area contributed by atoms with Crippen LogP contribution in [0.15, 0.2) is 22.7 Å². The third kappa shape index (κ3) is 6.55. The van der Waals surface area contributed by atoms with Crippen molar-refractivity contribution in [1.82, 2.24) is 15.0 Å². The summed E-state index contributed by atoms with van der Waals surface area (Å²) in [5, 5.41) is 9.38. The van der Waals surface area contributed by atoms with Gasteiger partial charge < -0.3 is 29.5 Å². The number of carbonyl (C=O) groups excluding carboxylic acids is 2. The van der Waals surface area contributed by atoms with Crippen LogP contribution in [-0.2, 0) is 4.74 Å². The van der Waals surface area contributed by atoms with Gasteiger partial charge in [0.2, 0.25) is 0 Å². The van der Waals surface area contributed by atoms with Gasteiger partial charge in [0.1, 0.15) is 23.7 Å². The van der Waals surface area contributed by atoms with Crippen molar-refractivity contribution < 1.29 is 23.6 Å². The third-order valence-corrected chi connectivity index (χ3v) is 6.61. The average Bonchev–Trinajstić information content (AvgIpc) is 3.16. The molecule has 0 spiro atoms. The number of benzene rings is 1. The molecule has 1 aliphatic rings. The first-order valence-corrected chi connectivity index (χ1v) is 12.4. The summed E-state index contributed by atoms with van der Waals surface area (Å²) in [7, 11) is 3.45. The van der Waals surface area contributed by atoms with E-state index in [2.05, 4.69) is 41.5 Å². The van der Waals surface area contributed by atoms with Gasteiger partial charge in [-0.2, -0.15) is 0 Å². The summed E-state index contributed by atoms with van der Waals surface area (Å²) in [6.45, 7) is 12.6. The number of anilines is 2.